The number of hydrogen-bond donors (Lipinski definition) is 11. The highest BCUT2D eigenvalue weighted by molar-refractivity contribution is 7.98. The minimum absolute atomic E-state index is 0.0623. The average Bonchev–Trinajstić information content (AvgIpc) is 3.95. The van der Waals surface area contributed by atoms with Gasteiger partial charge >= 0.3 is 0 Å². The number of aromatic nitrogens is 1. The molecule has 1 aromatic carbocycles. The van der Waals surface area contributed by atoms with E-state index in [-0.39, 0.29) is 35.8 Å². The van der Waals surface area contributed by atoms with Gasteiger partial charge in [0.25, 0.3) is 0 Å². The van der Waals surface area contributed by atoms with E-state index in [2.05, 4.69) is 36.9 Å². The second kappa shape index (κ2) is 27.7. The molecule has 1 fully saturated rings. The van der Waals surface area contributed by atoms with Crippen LogP contribution in [-0.4, -0.2) is 176 Å². The molecule has 0 radical (unpaired) electrons. The summed E-state index contributed by atoms with van der Waals surface area (Å²) in [5.74, 6) is -11.8. The molecule has 12 N–H and O–H groups in total. The van der Waals surface area contributed by atoms with E-state index < -0.39 is 169 Å². The Kier molecular flexibility index (Phi) is 22.1. The van der Waals surface area contributed by atoms with E-state index in [1.807, 2.05) is 0 Å². The number of unbranched alkanes of at least 4 members (excludes halogenated alkanes) is 1. The number of amides is 8. The number of aliphatic hydroxyl groups is 3. The SMILES string of the molecule is CC[C@H](C)[C@@H]1CC(=O)CNC(=O)[C@H]2CC(=O)[C@H]([C@@H](C)[C@@H](O)CO)NC(=O)[C@@H]3C[C@@H](O)CN3C(=O)[C@H](CC(N)=O)NC(=O)[C@H](CS(=O)c3[nH]c4c(CSCCCCNC(C)=O)c(OC)ccc4c3C2)NC(=O)CNC1=O. The molecular formula is C49H71N9O15S2. The molecule has 24 nitrogen and oxygen atoms in total. The number of aromatic amines is 1. The number of hydrogen-bond acceptors (Lipinski definition) is 16. The molecule has 3 aliphatic rings. The van der Waals surface area contributed by atoms with Gasteiger partial charge in [0.15, 0.2) is 11.6 Å². The van der Waals surface area contributed by atoms with Crippen LogP contribution in [0.4, 0.5) is 0 Å². The Morgan fingerprint density at radius 2 is 1.68 bits per heavy atom. The zero-order valence-electron chi connectivity index (χ0n) is 42.8. The van der Waals surface area contributed by atoms with Crippen LogP contribution in [0.15, 0.2) is 17.2 Å². The number of rotatable bonds is 15. The molecule has 26 heteroatoms. The predicted molar refractivity (Wildman–Crippen MR) is 274 cm³/mol. The molecule has 0 aliphatic carbocycles. The number of thioether (sulfide) groups is 1. The van der Waals surface area contributed by atoms with Crippen LogP contribution in [0.25, 0.3) is 10.9 Å². The van der Waals surface area contributed by atoms with Gasteiger partial charge in [-0.25, -0.2) is 0 Å². The Labute approximate surface area is 440 Å². The summed E-state index contributed by atoms with van der Waals surface area (Å²) in [6, 6.07) is -3.54. The number of carbonyl (C=O) groups is 10. The minimum atomic E-state index is -2.37. The number of benzene rings is 1. The molecule has 2 aromatic rings. The molecule has 414 valence electrons. The Morgan fingerprint density at radius 1 is 0.960 bits per heavy atom. The number of H-pyrrole nitrogens is 1. The van der Waals surface area contributed by atoms with E-state index in [0.717, 1.165) is 11.3 Å². The van der Waals surface area contributed by atoms with Crippen LogP contribution in [0, 0.1) is 23.7 Å². The zero-order valence-corrected chi connectivity index (χ0v) is 44.5. The quantitative estimate of drug-likeness (QED) is 0.0837. The Balaban J connectivity index is 1.76. The molecule has 3 aliphatic heterocycles. The number of primary amides is 1. The molecule has 5 rings (SSSR count). The number of fused-ring (bicyclic) bond motifs is 5. The fourth-order valence-electron chi connectivity index (χ4n) is 9.48. The second-order valence-corrected chi connectivity index (χ2v) is 22.0. The second-order valence-electron chi connectivity index (χ2n) is 19.4. The van der Waals surface area contributed by atoms with Crippen molar-refractivity contribution in [2.45, 2.75) is 126 Å². The Morgan fingerprint density at radius 3 is 2.35 bits per heavy atom. The Hall–Kier alpha value is -5.96. The Bertz CT molecular complexity index is 2510. The summed E-state index contributed by atoms with van der Waals surface area (Å²) in [6.07, 6.45) is -3.77. The highest BCUT2D eigenvalue weighted by Crippen LogP contribution is 2.37. The van der Waals surface area contributed by atoms with Crippen LogP contribution in [0.2, 0.25) is 0 Å². The fraction of sp³-hybridized carbons (Fsp3) is 0.633. The zero-order chi connectivity index (χ0) is 55.3. The molecule has 8 amide bonds. The van der Waals surface area contributed by atoms with Crippen molar-refractivity contribution in [3.8, 4) is 5.75 Å². The predicted octanol–water partition coefficient (Wildman–Crippen LogP) is -2.29. The lowest BCUT2D eigenvalue weighted by Crippen LogP contribution is -2.60. The van der Waals surface area contributed by atoms with Gasteiger partial charge in [0.05, 0.1) is 73.5 Å². The lowest BCUT2D eigenvalue weighted by atomic mass is 9.85. The summed E-state index contributed by atoms with van der Waals surface area (Å²) in [5.41, 5.74) is 6.79. The van der Waals surface area contributed by atoms with Gasteiger partial charge in [-0.1, -0.05) is 27.2 Å². The summed E-state index contributed by atoms with van der Waals surface area (Å²) < 4.78 is 21.0. The summed E-state index contributed by atoms with van der Waals surface area (Å²) >= 11 is 1.53. The van der Waals surface area contributed by atoms with Crippen molar-refractivity contribution < 1.29 is 72.2 Å². The smallest absolute Gasteiger partial charge is 0.246 e. The first-order valence-electron chi connectivity index (χ1n) is 25.0. The number of carbonyl (C=O) groups excluding carboxylic acids is 10. The minimum Gasteiger partial charge on any atom is -0.496 e. The number of methoxy groups -OCH3 is 1. The van der Waals surface area contributed by atoms with Crippen molar-refractivity contribution in [3.05, 3.63) is 23.3 Å². The van der Waals surface area contributed by atoms with Crippen LogP contribution < -0.4 is 42.4 Å². The number of aliphatic hydroxyl groups excluding tert-OH is 3. The van der Waals surface area contributed by atoms with Gasteiger partial charge in [-0.3, -0.25) is 52.2 Å². The number of nitrogens with zero attached hydrogens (tertiary/aromatic N) is 1. The summed E-state index contributed by atoms with van der Waals surface area (Å²) in [4.78, 5) is 142. The topological polar surface area (TPSA) is 375 Å². The number of ketones is 2. The number of ether oxygens (including phenoxy) is 1. The first-order valence-corrected chi connectivity index (χ1v) is 27.5. The van der Waals surface area contributed by atoms with Crippen molar-refractivity contribution in [3.63, 3.8) is 0 Å². The van der Waals surface area contributed by atoms with Crippen LogP contribution >= 0.6 is 11.8 Å². The van der Waals surface area contributed by atoms with Crippen molar-refractivity contribution in [1.82, 2.24) is 41.8 Å². The van der Waals surface area contributed by atoms with Crippen LogP contribution in [-0.2, 0) is 70.9 Å². The van der Waals surface area contributed by atoms with E-state index in [0.29, 0.717) is 53.1 Å². The number of nitrogens with one attached hydrogen (secondary N) is 7. The van der Waals surface area contributed by atoms with E-state index in [4.69, 9.17) is 10.5 Å². The molecular weight excluding hydrogens is 1020 g/mol. The molecule has 0 spiro atoms. The summed E-state index contributed by atoms with van der Waals surface area (Å²) in [6.45, 7) is 4.11. The van der Waals surface area contributed by atoms with Gasteiger partial charge < -0.3 is 67.6 Å². The molecule has 0 saturated carbocycles. The third-order valence-corrected chi connectivity index (χ3v) is 16.5. The maximum Gasteiger partial charge on any atom is 0.246 e. The molecule has 11 atom stereocenters. The molecule has 4 heterocycles. The van der Waals surface area contributed by atoms with E-state index in [1.54, 1.807) is 26.0 Å². The molecule has 75 heavy (non-hydrogen) atoms. The summed E-state index contributed by atoms with van der Waals surface area (Å²) in [7, 11) is -0.912. The van der Waals surface area contributed by atoms with Crippen LogP contribution in [0.5, 0.6) is 5.75 Å². The van der Waals surface area contributed by atoms with Crippen molar-refractivity contribution in [1.29, 1.82) is 0 Å². The van der Waals surface area contributed by atoms with Gasteiger partial charge in [-0.2, -0.15) is 11.8 Å². The standard InChI is InChI=1S/C49H71N9O15S2/c1-6-24(2)31-15-28(61)18-52-44(67)27-13-32-30-9-10-39(73-5)33(22-74-12-8-7-11-51-26(4)60)43(30)57-48(32)75(72)23-35(54-41(66)19-53-45(31)68)46(69)55-34(17-40(50)65)49(71)58-20-29(62)16-36(58)47(70)56-42(37(63)14-27)25(3)38(64)21-59/h9-10,24-25,27,29,31,34-36,38,42,57,59,62,64H,6-8,11-23H2,1-5H3,(H2,50,65)(H,51,60)(H,52,67)(H,53,68)(H,54,66)(H,55,69)(H,56,70)/t24-,25-,27+,29+,31-,34-,35-,36-,38-,42-,75?/m0/s1. The monoisotopic (exact) mass is 1090 g/mol. The van der Waals surface area contributed by atoms with Crippen molar-refractivity contribution >= 4 is 92.3 Å². The third-order valence-electron chi connectivity index (χ3n) is 14.0. The van der Waals surface area contributed by atoms with Crippen LogP contribution in [0.3, 0.4) is 0 Å². The van der Waals surface area contributed by atoms with Gasteiger partial charge in [-0.05, 0) is 48.6 Å². The van der Waals surface area contributed by atoms with Crippen molar-refractivity contribution in [2.75, 3.05) is 51.4 Å². The molecule has 1 aromatic heterocycles. The molecule has 2 bridgehead atoms. The first kappa shape index (κ1) is 59.9. The van der Waals surface area contributed by atoms with Gasteiger partial charge in [0.2, 0.25) is 47.3 Å². The highest BCUT2D eigenvalue weighted by Gasteiger charge is 2.45. The average molecular weight is 1090 g/mol. The maximum atomic E-state index is 15.2. The van der Waals surface area contributed by atoms with Crippen LogP contribution in [0.1, 0.15) is 83.8 Å². The number of nitrogens with two attached hydrogens (primary N) is 1. The number of Topliss-reactive ketones (excluding diaryl/α,β-unsaturated/α-hetero) is 2. The third kappa shape index (κ3) is 15.8. The van der Waals surface area contributed by atoms with E-state index in [1.165, 1.54) is 32.7 Å². The fourth-order valence-corrected chi connectivity index (χ4v) is 11.9. The van der Waals surface area contributed by atoms with Gasteiger partial charge in [-0.15, -0.1) is 0 Å². The molecule has 1 unspecified atom stereocenters. The van der Waals surface area contributed by atoms with E-state index >= 15 is 4.21 Å². The maximum absolute atomic E-state index is 15.2. The summed E-state index contributed by atoms with van der Waals surface area (Å²) in [5, 5.41) is 47.5. The normalized spacial score (nSPS) is 26.2. The van der Waals surface area contributed by atoms with Gasteiger partial charge in [0, 0.05) is 73.7 Å². The largest absolute Gasteiger partial charge is 0.496 e. The first-order chi connectivity index (χ1) is 35.6. The van der Waals surface area contributed by atoms with E-state index in [9.17, 15) is 63.3 Å². The molecule has 1 saturated heterocycles. The lowest BCUT2D eigenvalue weighted by Gasteiger charge is -2.32. The van der Waals surface area contributed by atoms with Crippen molar-refractivity contribution in [2.24, 2.45) is 29.4 Å². The lowest BCUT2D eigenvalue weighted by molar-refractivity contribution is -0.144. The highest BCUT2D eigenvalue weighted by atomic mass is 32.2. The van der Waals surface area contributed by atoms with Gasteiger partial charge in [0.1, 0.15) is 28.9 Å².